The van der Waals surface area contributed by atoms with Gasteiger partial charge < -0.3 is 19.7 Å². The van der Waals surface area contributed by atoms with Crippen LogP contribution in [0.25, 0.3) is 0 Å². The van der Waals surface area contributed by atoms with E-state index < -0.39 is 0 Å². The van der Waals surface area contributed by atoms with E-state index in [1.165, 1.54) is 32.4 Å². The van der Waals surface area contributed by atoms with E-state index in [9.17, 15) is 0 Å². The molecule has 4 nitrogen and oxygen atoms in total. The summed E-state index contributed by atoms with van der Waals surface area (Å²) in [6, 6.07) is 0. The van der Waals surface area contributed by atoms with Crippen LogP contribution in [0.4, 0.5) is 0 Å². The topological polar surface area (TPSA) is 33.7 Å². The SMILES string of the molecule is COCC1CCN(CC2(CNC(C)(C)C)CCCOC2)C1. The van der Waals surface area contributed by atoms with Crippen LogP contribution in [0.1, 0.15) is 40.0 Å². The molecule has 2 atom stereocenters. The molecule has 2 aliphatic heterocycles. The maximum absolute atomic E-state index is 5.84. The van der Waals surface area contributed by atoms with Gasteiger partial charge in [-0.15, -0.1) is 0 Å². The van der Waals surface area contributed by atoms with Crippen molar-refractivity contribution < 1.29 is 9.47 Å². The van der Waals surface area contributed by atoms with Crippen LogP contribution < -0.4 is 5.32 Å². The van der Waals surface area contributed by atoms with Crippen LogP contribution in [0.3, 0.4) is 0 Å². The zero-order chi connectivity index (χ0) is 15.3. The van der Waals surface area contributed by atoms with Crippen LogP contribution in [-0.4, -0.2) is 63.5 Å². The van der Waals surface area contributed by atoms with Crippen molar-refractivity contribution in [2.24, 2.45) is 11.3 Å². The average Bonchev–Trinajstić information content (AvgIpc) is 2.85. The molecule has 2 saturated heterocycles. The summed E-state index contributed by atoms with van der Waals surface area (Å²) in [5.74, 6) is 0.715. The summed E-state index contributed by atoms with van der Waals surface area (Å²) in [7, 11) is 1.81. The Kier molecular flexibility index (Phi) is 6.06. The number of ether oxygens (including phenoxy) is 2. The van der Waals surface area contributed by atoms with Crippen LogP contribution in [0.5, 0.6) is 0 Å². The Balaban J connectivity index is 1.90. The molecule has 2 heterocycles. The molecular weight excluding hydrogens is 264 g/mol. The average molecular weight is 298 g/mol. The van der Waals surface area contributed by atoms with E-state index in [1.807, 2.05) is 7.11 Å². The van der Waals surface area contributed by atoms with E-state index in [1.54, 1.807) is 0 Å². The van der Waals surface area contributed by atoms with E-state index in [2.05, 4.69) is 31.0 Å². The van der Waals surface area contributed by atoms with Crippen molar-refractivity contribution in [2.75, 3.05) is 53.1 Å². The molecule has 0 bridgehead atoms. The van der Waals surface area contributed by atoms with E-state index in [0.717, 1.165) is 32.9 Å². The Hall–Kier alpha value is -0.160. The Morgan fingerprint density at radius 1 is 1.38 bits per heavy atom. The van der Waals surface area contributed by atoms with Crippen molar-refractivity contribution in [1.82, 2.24) is 10.2 Å². The van der Waals surface area contributed by atoms with Gasteiger partial charge in [0.15, 0.2) is 0 Å². The lowest BCUT2D eigenvalue weighted by atomic mass is 9.81. The van der Waals surface area contributed by atoms with Gasteiger partial charge in [-0.3, -0.25) is 0 Å². The van der Waals surface area contributed by atoms with Gasteiger partial charge in [0.2, 0.25) is 0 Å². The predicted molar refractivity (Wildman–Crippen MR) is 86.7 cm³/mol. The fourth-order valence-corrected chi connectivity index (χ4v) is 3.59. The van der Waals surface area contributed by atoms with Gasteiger partial charge in [0, 0.05) is 44.3 Å². The Morgan fingerprint density at radius 3 is 2.81 bits per heavy atom. The quantitative estimate of drug-likeness (QED) is 0.814. The number of hydrogen-bond donors (Lipinski definition) is 1. The Labute approximate surface area is 130 Å². The van der Waals surface area contributed by atoms with Gasteiger partial charge in [0.25, 0.3) is 0 Å². The highest BCUT2D eigenvalue weighted by atomic mass is 16.5. The molecule has 2 unspecified atom stereocenters. The first-order valence-corrected chi connectivity index (χ1v) is 8.47. The summed E-state index contributed by atoms with van der Waals surface area (Å²) >= 11 is 0. The Bertz CT molecular complexity index is 308. The third-order valence-electron chi connectivity index (χ3n) is 4.73. The summed E-state index contributed by atoms with van der Waals surface area (Å²) in [6.07, 6.45) is 3.75. The summed E-state index contributed by atoms with van der Waals surface area (Å²) in [6.45, 7) is 14.1. The molecule has 21 heavy (non-hydrogen) atoms. The fourth-order valence-electron chi connectivity index (χ4n) is 3.59. The maximum atomic E-state index is 5.84. The smallest absolute Gasteiger partial charge is 0.0546 e. The van der Waals surface area contributed by atoms with Crippen LogP contribution in [0, 0.1) is 11.3 Å². The monoisotopic (exact) mass is 298 g/mol. The largest absolute Gasteiger partial charge is 0.384 e. The van der Waals surface area contributed by atoms with Crippen molar-refractivity contribution >= 4 is 0 Å². The van der Waals surface area contributed by atoms with Gasteiger partial charge in [0.05, 0.1) is 13.2 Å². The number of likely N-dealkylation sites (tertiary alicyclic amines) is 1. The lowest BCUT2D eigenvalue weighted by Crippen LogP contribution is -2.52. The van der Waals surface area contributed by atoms with E-state index >= 15 is 0 Å². The van der Waals surface area contributed by atoms with Crippen LogP contribution >= 0.6 is 0 Å². The number of rotatable bonds is 6. The van der Waals surface area contributed by atoms with E-state index in [-0.39, 0.29) is 11.0 Å². The number of hydrogen-bond acceptors (Lipinski definition) is 4. The highest BCUT2D eigenvalue weighted by Gasteiger charge is 2.37. The molecule has 2 fully saturated rings. The highest BCUT2D eigenvalue weighted by molar-refractivity contribution is 4.91. The van der Waals surface area contributed by atoms with Gasteiger partial charge in [-0.2, -0.15) is 0 Å². The van der Waals surface area contributed by atoms with E-state index in [0.29, 0.717) is 5.92 Å². The third kappa shape index (κ3) is 5.51. The van der Waals surface area contributed by atoms with Crippen molar-refractivity contribution in [3.63, 3.8) is 0 Å². The third-order valence-corrected chi connectivity index (χ3v) is 4.73. The molecule has 4 heteroatoms. The van der Waals surface area contributed by atoms with Gasteiger partial charge in [-0.05, 0) is 52.5 Å². The van der Waals surface area contributed by atoms with Crippen molar-refractivity contribution in [1.29, 1.82) is 0 Å². The molecule has 2 rings (SSSR count). The van der Waals surface area contributed by atoms with Crippen molar-refractivity contribution in [3.8, 4) is 0 Å². The highest BCUT2D eigenvalue weighted by Crippen LogP contribution is 2.31. The maximum Gasteiger partial charge on any atom is 0.0546 e. The molecule has 0 spiro atoms. The van der Waals surface area contributed by atoms with Gasteiger partial charge in [0.1, 0.15) is 0 Å². The fraction of sp³-hybridized carbons (Fsp3) is 1.00. The first kappa shape index (κ1) is 17.2. The molecular formula is C17H34N2O2. The van der Waals surface area contributed by atoms with Crippen molar-refractivity contribution in [2.45, 2.75) is 45.6 Å². The van der Waals surface area contributed by atoms with E-state index in [4.69, 9.17) is 9.47 Å². The first-order valence-electron chi connectivity index (χ1n) is 8.47. The number of nitrogens with zero attached hydrogens (tertiary/aromatic N) is 1. The minimum absolute atomic E-state index is 0.175. The molecule has 2 aliphatic rings. The van der Waals surface area contributed by atoms with Crippen LogP contribution in [-0.2, 0) is 9.47 Å². The second-order valence-corrected chi connectivity index (χ2v) is 8.10. The molecule has 1 N–H and O–H groups in total. The zero-order valence-electron chi connectivity index (χ0n) is 14.4. The molecule has 0 aromatic carbocycles. The normalized spacial score (nSPS) is 31.7. The Morgan fingerprint density at radius 2 is 2.19 bits per heavy atom. The lowest BCUT2D eigenvalue weighted by Gasteiger charge is -2.42. The predicted octanol–water partition coefficient (Wildman–Crippen LogP) is 2.14. The molecule has 0 aliphatic carbocycles. The molecule has 0 aromatic heterocycles. The molecule has 0 amide bonds. The van der Waals surface area contributed by atoms with Crippen LogP contribution in [0.15, 0.2) is 0 Å². The second-order valence-electron chi connectivity index (χ2n) is 8.10. The summed E-state index contributed by atoms with van der Waals surface area (Å²) in [5.41, 5.74) is 0.460. The summed E-state index contributed by atoms with van der Waals surface area (Å²) in [5, 5.41) is 3.71. The lowest BCUT2D eigenvalue weighted by molar-refractivity contribution is -0.0264. The summed E-state index contributed by atoms with van der Waals surface area (Å²) in [4.78, 5) is 2.63. The standard InChI is InChI=1S/C17H34N2O2/c1-16(2,3)18-12-17(7-5-9-21-14-17)13-19-8-6-15(10-19)11-20-4/h15,18H,5-14H2,1-4H3. The summed E-state index contributed by atoms with van der Waals surface area (Å²) < 4.78 is 11.2. The first-order chi connectivity index (χ1) is 9.92. The second kappa shape index (κ2) is 7.40. The molecule has 0 saturated carbocycles. The minimum atomic E-state index is 0.175. The minimum Gasteiger partial charge on any atom is -0.384 e. The molecule has 0 aromatic rings. The number of nitrogens with one attached hydrogen (secondary N) is 1. The van der Waals surface area contributed by atoms with Gasteiger partial charge in [-0.1, -0.05) is 0 Å². The molecule has 124 valence electrons. The van der Waals surface area contributed by atoms with Crippen LogP contribution in [0.2, 0.25) is 0 Å². The number of methoxy groups -OCH3 is 1. The molecule has 0 radical (unpaired) electrons. The van der Waals surface area contributed by atoms with Crippen molar-refractivity contribution in [3.05, 3.63) is 0 Å². The van der Waals surface area contributed by atoms with Gasteiger partial charge >= 0.3 is 0 Å². The zero-order valence-corrected chi connectivity index (χ0v) is 14.4. The van der Waals surface area contributed by atoms with Gasteiger partial charge in [-0.25, -0.2) is 0 Å².